The summed E-state index contributed by atoms with van der Waals surface area (Å²) in [7, 11) is 0. The Morgan fingerprint density at radius 1 is 0.733 bits per heavy atom. The highest BCUT2D eigenvalue weighted by Crippen LogP contribution is 2.17. The molecule has 0 unspecified atom stereocenters. The highest BCUT2D eigenvalue weighted by Gasteiger charge is 2.35. The molecule has 0 aromatic carbocycles. The lowest BCUT2D eigenvalue weighted by Crippen LogP contribution is -2.50. The number of carboxylic acid groups (broad SMARTS) is 1. The molecule has 0 radical (unpaired) electrons. The summed E-state index contributed by atoms with van der Waals surface area (Å²) >= 11 is 0. The number of hydrogen-bond donors (Lipinski definition) is 1. The highest BCUT2D eigenvalue weighted by molar-refractivity contribution is 5.81. The Kier molecular flexibility index (Phi) is 9.97. The van der Waals surface area contributed by atoms with Gasteiger partial charge in [-0.25, -0.2) is 0 Å². The lowest BCUT2D eigenvalue weighted by atomic mass is 10.1. The summed E-state index contributed by atoms with van der Waals surface area (Å²) in [6.07, 6.45) is -0.487. The van der Waals surface area contributed by atoms with Gasteiger partial charge in [-0.2, -0.15) is 0 Å². The van der Waals surface area contributed by atoms with E-state index in [4.69, 9.17) is 19.3 Å². The number of esters is 3. The van der Waals surface area contributed by atoms with Crippen molar-refractivity contribution in [2.24, 2.45) is 0 Å². The van der Waals surface area contributed by atoms with Gasteiger partial charge in [0.1, 0.15) is 22.8 Å². The van der Waals surface area contributed by atoms with Crippen molar-refractivity contribution < 1.29 is 38.5 Å². The lowest BCUT2D eigenvalue weighted by Gasteiger charge is -2.32. The molecule has 0 aromatic rings. The molecule has 0 rings (SSSR count). The van der Waals surface area contributed by atoms with Gasteiger partial charge >= 0.3 is 23.9 Å². The maximum absolute atomic E-state index is 12.8. The average Bonchev–Trinajstić information content (AvgIpc) is 2.40. The summed E-state index contributed by atoms with van der Waals surface area (Å²) in [5.41, 5.74) is -2.36. The molecule has 9 nitrogen and oxygen atoms in total. The van der Waals surface area contributed by atoms with Gasteiger partial charge < -0.3 is 19.3 Å². The fraction of sp³-hybridized carbons (Fsp3) is 0.810. The molecular weight excluding hydrogens is 394 g/mol. The van der Waals surface area contributed by atoms with Crippen LogP contribution in [0.3, 0.4) is 0 Å². The van der Waals surface area contributed by atoms with Crippen LogP contribution in [0.1, 0.15) is 75.2 Å². The summed E-state index contributed by atoms with van der Waals surface area (Å²) in [6, 6.07) is -1.14. The van der Waals surface area contributed by atoms with E-state index in [0.717, 1.165) is 0 Å². The molecule has 9 heteroatoms. The monoisotopic (exact) mass is 431 g/mol. The van der Waals surface area contributed by atoms with Gasteiger partial charge in [0.2, 0.25) is 0 Å². The van der Waals surface area contributed by atoms with E-state index in [1.165, 1.54) is 4.90 Å². The number of carboxylic acids is 1. The van der Waals surface area contributed by atoms with E-state index in [1.807, 2.05) is 0 Å². The number of hydrogen-bond acceptors (Lipinski definition) is 8. The second-order valence-electron chi connectivity index (χ2n) is 10.1. The third-order valence-corrected chi connectivity index (χ3v) is 3.26. The van der Waals surface area contributed by atoms with E-state index in [2.05, 4.69) is 0 Å². The molecule has 0 saturated heterocycles. The Morgan fingerprint density at radius 3 is 1.40 bits per heavy atom. The number of ether oxygens (including phenoxy) is 3. The van der Waals surface area contributed by atoms with Crippen molar-refractivity contribution in [3.8, 4) is 0 Å². The topological polar surface area (TPSA) is 119 Å². The quantitative estimate of drug-likeness (QED) is 0.434. The Hall–Kier alpha value is -2.16. The van der Waals surface area contributed by atoms with Gasteiger partial charge in [0.15, 0.2) is 0 Å². The van der Waals surface area contributed by atoms with Crippen LogP contribution in [0.5, 0.6) is 0 Å². The first-order chi connectivity index (χ1) is 13.3. The second-order valence-corrected chi connectivity index (χ2v) is 10.1. The minimum absolute atomic E-state index is 0.143. The maximum atomic E-state index is 12.8. The van der Waals surface area contributed by atoms with E-state index < -0.39 is 59.8 Å². The lowest BCUT2D eigenvalue weighted by molar-refractivity contribution is -0.168. The minimum atomic E-state index is -1.14. The zero-order chi connectivity index (χ0) is 23.9. The number of carbonyl (C=O) groups is 4. The van der Waals surface area contributed by atoms with Gasteiger partial charge in [-0.15, -0.1) is 0 Å². The molecule has 0 aromatic heterocycles. The molecule has 0 fully saturated rings. The molecule has 0 amide bonds. The molecule has 0 aliphatic heterocycles. The van der Waals surface area contributed by atoms with Crippen LogP contribution < -0.4 is 0 Å². The third-order valence-electron chi connectivity index (χ3n) is 3.26. The molecule has 1 N–H and O–H groups in total. The Labute approximate surface area is 179 Å². The standard InChI is InChI=1S/C21H37NO8/c1-19(2,3)28-16(25)12-22(13-17(26)29-20(4,5)6)14(10-11-15(23)24)18(27)30-21(7,8)9/h14H,10-13H2,1-9H3,(H,23,24)/t14-/m0/s1. The van der Waals surface area contributed by atoms with Gasteiger partial charge in [0.25, 0.3) is 0 Å². The summed E-state index contributed by atoms with van der Waals surface area (Å²) in [5, 5.41) is 9.07. The van der Waals surface area contributed by atoms with Crippen LogP contribution >= 0.6 is 0 Å². The predicted octanol–water partition coefficient (Wildman–Crippen LogP) is 2.55. The number of nitrogens with zero attached hydrogens (tertiary/aromatic N) is 1. The molecule has 174 valence electrons. The van der Waals surface area contributed by atoms with Crippen LogP contribution in [0.15, 0.2) is 0 Å². The normalized spacial score (nSPS) is 13.5. The number of rotatable bonds is 9. The van der Waals surface area contributed by atoms with Crippen molar-refractivity contribution in [2.75, 3.05) is 13.1 Å². The van der Waals surface area contributed by atoms with E-state index in [1.54, 1.807) is 62.3 Å². The molecule has 1 atom stereocenters. The summed E-state index contributed by atoms with van der Waals surface area (Å²) in [5.74, 6) is -3.15. The summed E-state index contributed by atoms with van der Waals surface area (Å²) in [6.45, 7) is 14.4. The fourth-order valence-corrected chi connectivity index (χ4v) is 2.43. The Balaban J connectivity index is 5.78. The van der Waals surface area contributed by atoms with Gasteiger partial charge in [-0.3, -0.25) is 24.1 Å². The van der Waals surface area contributed by atoms with E-state index in [0.29, 0.717) is 0 Å². The predicted molar refractivity (Wildman–Crippen MR) is 110 cm³/mol. The van der Waals surface area contributed by atoms with Crippen molar-refractivity contribution in [1.82, 2.24) is 4.90 Å². The van der Waals surface area contributed by atoms with Crippen molar-refractivity contribution in [3.05, 3.63) is 0 Å². The van der Waals surface area contributed by atoms with Gasteiger partial charge in [-0.1, -0.05) is 0 Å². The average molecular weight is 432 g/mol. The SMILES string of the molecule is CC(C)(C)OC(=O)CN(CC(=O)OC(C)(C)C)[C@@H](CCC(=O)O)C(=O)OC(C)(C)C. The zero-order valence-electron chi connectivity index (χ0n) is 19.7. The molecule has 0 aliphatic carbocycles. The van der Waals surface area contributed by atoms with Crippen molar-refractivity contribution >= 4 is 23.9 Å². The molecule has 30 heavy (non-hydrogen) atoms. The fourth-order valence-electron chi connectivity index (χ4n) is 2.43. The minimum Gasteiger partial charge on any atom is -0.481 e. The summed E-state index contributed by atoms with van der Waals surface area (Å²) < 4.78 is 16.0. The van der Waals surface area contributed by atoms with Gasteiger partial charge in [-0.05, 0) is 68.7 Å². The largest absolute Gasteiger partial charge is 0.481 e. The maximum Gasteiger partial charge on any atom is 0.323 e. The highest BCUT2D eigenvalue weighted by atomic mass is 16.6. The Bertz CT molecular complexity index is 592. The van der Waals surface area contributed by atoms with E-state index in [9.17, 15) is 19.2 Å². The molecule has 0 aliphatic rings. The Morgan fingerprint density at radius 2 is 1.10 bits per heavy atom. The zero-order valence-corrected chi connectivity index (χ0v) is 19.7. The van der Waals surface area contributed by atoms with E-state index in [-0.39, 0.29) is 12.8 Å². The summed E-state index contributed by atoms with van der Waals surface area (Å²) in [4.78, 5) is 49.9. The second kappa shape index (κ2) is 10.7. The first-order valence-corrected chi connectivity index (χ1v) is 9.91. The van der Waals surface area contributed by atoms with Crippen LogP contribution in [0.2, 0.25) is 0 Å². The van der Waals surface area contributed by atoms with Crippen LogP contribution in [-0.2, 0) is 33.4 Å². The first-order valence-electron chi connectivity index (χ1n) is 9.91. The van der Waals surface area contributed by atoms with Crippen LogP contribution in [0.25, 0.3) is 0 Å². The molecule has 0 saturated carbocycles. The first kappa shape index (κ1) is 27.8. The molecular formula is C21H37NO8. The number of aliphatic carboxylic acids is 1. The molecule has 0 heterocycles. The van der Waals surface area contributed by atoms with Gasteiger partial charge in [0, 0.05) is 6.42 Å². The van der Waals surface area contributed by atoms with Crippen molar-refractivity contribution in [1.29, 1.82) is 0 Å². The smallest absolute Gasteiger partial charge is 0.323 e. The van der Waals surface area contributed by atoms with Crippen molar-refractivity contribution in [3.63, 3.8) is 0 Å². The molecule has 0 spiro atoms. The van der Waals surface area contributed by atoms with Gasteiger partial charge in [0.05, 0.1) is 13.1 Å². The van der Waals surface area contributed by atoms with Crippen molar-refractivity contribution in [2.45, 2.75) is 98.0 Å². The molecule has 0 bridgehead atoms. The van der Waals surface area contributed by atoms with Crippen LogP contribution in [0, 0.1) is 0 Å². The number of carbonyl (C=O) groups excluding carboxylic acids is 3. The van der Waals surface area contributed by atoms with Crippen LogP contribution in [-0.4, -0.2) is 69.8 Å². The van der Waals surface area contributed by atoms with E-state index >= 15 is 0 Å². The van der Waals surface area contributed by atoms with Crippen LogP contribution in [0.4, 0.5) is 0 Å². The third kappa shape index (κ3) is 13.9.